The van der Waals surface area contributed by atoms with Crippen LogP contribution >= 0.6 is 0 Å². The molecule has 5 nitrogen and oxygen atoms in total. The number of nitrogens with zero attached hydrogens (tertiary/aromatic N) is 1. The van der Waals surface area contributed by atoms with Crippen LogP contribution in [-0.4, -0.2) is 15.3 Å². The SMILES string of the molecule is Cc1cccc(O)c1Oc1ccc(N(c2c(C)cc(O)cc2C)c2c(C)cc(O)cc2C)cc1. The fourth-order valence-corrected chi connectivity index (χ4v) is 4.49. The predicted octanol–water partition coefficient (Wildman–Crippen LogP) is 7.61. The van der Waals surface area contributed by atoms with Gasteiger partial charge in [0.05, 0.1) is 11.4 Å². The molecule has 5 heteroatoms. The second-order valence-electron chi connectivity index (χ2n) is 8.71. The van der Waals surface area contributed by atoms with Gasteiger partial charge in [-0.25, -0.2) is 0 Å². The molecule has 4 rings (SSSR count). The molecule has 4 aromatic rings. The summed E-state index contributed by atoms with van der Waals surface area (Å²) in [5.41, 5.74) is 7.36. The minimum absolute atomic E-state index is 0.0939. The first-order valence-electron chi connectivity index (χ1n) is 11.1. The Morgan fingerprint density at radius 2 is 1.06 bits per heavy atom. The van der Waals surface area contributed by atoms with Crippen LogP contribution in [0.15, 0.2) is 66.7 Å². The Morgan fingerprint density at radius 1 is 0.588 bits per heavy atom. The van der Waals surface area contributed by atoms with E-state index in [1.165, 1.54) is 0 Å². The Morgan fingerprint density at radius 3 is 1.50 bits per heavy atom. The molecule has 34 heavy (non-hydrogen) atoms. The van der Waals surface area contributed by atoms with E-state index in [4.69, 9.17) is 4.74 Å². The van der Waals surface area contributed by atoms with Gasteiger partial charge < -0.3 is 25.0 Å². The minimum atomic E-state index is 0.0939. The third-order valence-corrected chi connectivity index (χ3v) is 5.90. The van der Waals surface area contributed by atoms with Crippen molar-refractivity contribution >= 4 is 17.1 Å². The highest BCUT2D eigenvalue weighted by Gasteiger charge is 2.21. The van der Waals surface area contributed by atoms with Crippen LogP contribution in [0.25, 0.3) is 0 Å². The molecular weight excluding hydrogens is 426 g/mol. The summed E-state index contributed by atoms with van der Waals surface area (Å²) >= 11 is 0. The number of aromatic hydroxyl groups is 3. The van der Waals surface area contributed by atoms with Gasteiger partial charge in [-0.15, -0.1) is 0 Å². The van der Waals surface area contributed by atoms with Gasteiger partial charge in [0.15, 0.2) is 11.5 Å². The van der Waals surface area contributed by atoms with E-state index in [0.717, 1.165) is 44.9 Å². The summed E-state index contributed by atoms with van der Waals surface area (Å²) in [7, 11) is 0. The van der Waals surface area contributed by atoms with Gasteiger partial charge in [0.2, 0.25) is 0 Å². The molecule has 0 aromatic heterocycles. The number of rotatable bonds is 5. The lowest BCUT2D eigenvalue weighted by Crippen LogP contribution is -2.15. The molecule has 0 atom stereocenters. The monoisotopic (exact) mass is 455 g/mol. The van der Waals surface area contributed by atoms with E-state index < -0.39 is 0 Å². The first-order chi connectivity index (χ1) is 16.2. The summed E-state index contributed by atoms with van der Waals surface area (Å²) in [6, 6.07) is 19.9. The lowest BCUT2D eigenvalue weighted by molar-refractivity contribution is 0.409. The van der Waals surface area contributed by atoms with Gasteiger partial charge in [0.1, 0.15) is 17.2 Å². The molecule has 4 aromatic carbocycles. The van der Waals surface area contributed by atoms with Crippen LogP contribution < -0.4 is 9.64 Å². The highest BCUT2D eigenvalue weighted by molar-refractivity contribution is 5.84. The van der Waals surface area contributed by atoms with E-state index in [0.29, 0.717) is 11.5 Å². The predicted molar refractivity (Wildman–Crippen MR) is 136 cm³/mol. The molecule has 0 unspecified atom stereocenters. The van der Waals surface area contributed by atoms with E-state index in [1.54, 1.807) is 36.4 Å². The third-order valence-electron chi connectivity index (χ3n) is 5.90. The molecule has 3 N–H and O–H groups in total. The van der Waals surface area contributed by atoms with Crippen LogP contribution in [0.4, 0.5) is 17.1 Å². The minimum Gasteiger partial charge on any atom is -0.508 e. The average molecular weight is 456 g/mol. The van der Waals surface area contributed by atoms with Gasteiger partial charge in [-0.05, 0) is 117 Å². The third kappa shape index (κ3) is 4.37. The van der Waals surface area contributed by atoms with Crippen molar-refractivity contribution < 1.29 is 20.1 Å². The fraction of sp³-hybridized carbons (Fsp3) is 0.172. The number of phenolic OH excluding ortho intramolecular Hbond substituents is 3. The number of ether oxygens (including phenoxy) is 1. The number of phenols is 3. The molecule has 0 bridgehead atoms. The Bertz CT molecular complexity index is 1240. The normalized spacial score (nSPS) is 10.9. The van der Waals surface area contributed by atoms with E-state index in [1.807, 2.05) is 65.0 Å². The summed E-state index contributed by atoms with van der Waals surface area (Å²) in [4.78, 5) is 2.14. The summed E-state index contributed by atoms with van der Waals surface area (Å²) in [5.74, 6) is 1.57. The zero-order chi connectivity index (χ0) is 24.6. The second-order valence-corrected chi connectivity index (χ2v) is 8.71. The van der Waals surface area contributed by atoms with Crippen LogP contribution in [-0.2, 0) is 0 Å². The maximum Gasteiger partial charge on any atom is 0.171 e. The Hall–Kier alpha value is -4.12. The van der Waals surface area contributed by atoms with Crippen molar-refractivity contribution in [2.24, 2.45) is 0 Å². The zero-order valence-electron chi connectivity index (χ0n) is 20.0. The van der Waals surface area contributed by atoms with Crippen molar-refractivity contribution in [2.75, 3.05) is 4.90 Å². The van der Waals surface area contributed by atoms with Crippen molar-refractivity contribution in [3.05, 3.63) is 94.5 Å². The van der Waals surface area contributed by atoms with E-state index in [2.05, 4.69) is 4.90 Å². The first-order valence-corrected chi connectivity index (χ1v) is 11.1. The van der Waals surface area contributed by atoms with Gasteiger partial charge in [-0.2, -0.15) is 0 Å². The highest BCUT2D eigenvalue weighted by Crippen LogP contribution is 2.44. The Labute approximate surface area is 200 Å². The number of anilines is 3. The lowest BCUT2D eigenvalue weighted by Gasteiger charge is -2.31. The molecule has 0 amide bonds. The zero-order valence-corrected chi connectivity index (χ0v) is 20.0. The number of para-hydroxylation sites is 1. The van der Waals surface area contributed by atoms with E-state index in [9.17, 15) is 15.3 Å². The maximum absolute atomic E-state index is 10.2. The molecule has 0 radical (unpaired) electrons. The van der Waals surface area contributed by atoms with Gasteiger partial charge in [-0.3, -0.25) is 0 Å². The van der Waals surface area contributed by atoms with E-state index in [-0.39, 0.29) is 17.2 Å². The van der Waals surface area contributed by atoms with Crippen LogP contribution in [0.2, 0.25) is 0 Å². The van der Waals surface area contributed by atoms with Crippen molar-refractivity contribution in [1.82, 2.24) is 0 Å². The topological polar surface area (TPSA) is 73.2 Å². The number of aryl methyl sites for hydroxylation is 5. The van der Waals surface area contributed by atoms with Crippen molar-refractivity contribution in [3.8, 4) is 28.7 Å². The number of hydrogen-bond acceptors (Lipinski definition) is 5. The standard InChI is InChI=1S/C29H29NO4/c1-17-7-6-8-26(33)29(17)34-25-11-9-22(10-12-25)30(27-18(2)13-23(31)14-19(27)3)28-20(4)15-24(32)16-21(28)5/h6-16,31-33H,1-5H3. The Balaban J connectivity index is 1.84. The fourth-order valence-electron chi connectivity index (χ4n) is 4.49. The molecule has 0 saturated heterocycles. The Kier molecular flexibility index (Phi) is 6.12. The lowest BCUT2D eigenvalue weighted by atomic mass is 10.0. The van der Waals surface area contributed by atoms with Gasteiger partial charge in [0, 0.05) is 5.69 Å². The van der Waals surface area contributed by atoms with Gasteiger partial charge in [0.25, 0.3) is 0 Å². The summed E-state index contributed by atoms with van der Waals surface area (Å²) < 4.78 is 5.98. The van der Waals surface area contributed by atoms with E-state index >= 15 is 0 Å². The molecule has 174 valence electrons. The first kappa shape index (κ1) is 23.1. The summed E-state index contributed by atoms with van der Waals surface area (Å²) in [6.07, 6.45) is 0. The van der Waals surface area contributed by atoms with Crippen LogP contribution in [0.5, 0.6) is 28.7 Å². The van der Waals surface area contributed by atoms with Crippen molar-refractivity contribution in [3.63, 3.8) is 0 Å². The summed E-state index contributed by atoms with van der Waals surface area (Å²) in [6.45, 7) is 9.77. The van der Waals surface area contributed by atoms with Gasteiger partial charge >= 0.3 is 0 Å². The summed E-state index contributed by atoms with van der Waals surface area (Å²) in [5, 5.41) is 30.4. The van der Waals surface area contributed by atoms with Crippen molar-refractivity contribution in [2.45, 2.75) is 34.6 Å². The molecular formula is C29H29NO4. The van der Waals surface area contributed by atoms with Crippen molar-refractivity contribution in [1.29, 1.82) is 0 Å². The molecule has 0 aliphatic rings. The molecule has 0 aliphatic carbocycles. The van der Waals surface area contributed by atoms with Crippen LogP contribution in [0, 0.1) is 34.6 Å². The molecule has 0 saturated carbocycles. The average Bonchev–Trinajstić information content (AvgIpc) is 2.74. The molecule has 0 spiro atoms. The smallest absolute Gasteiger partial charge is 0.171 e. The number of hydrogen-bond donors (Lipinski definition) is 3. The van der Waals surface area contributed by atoms with Crippen LogP contribution in [0.1, 0.15) is 27.8 Å². The molecule has 0 heterocycles. The maximum atomic E-state index is 10.2. The highest BCUT2D eigenvalue weighted by atomic mass is 16.5. The largest absolute Gasteiger partial charge is 0.508 e. The number of benzene rings is 4. The molecule has 0 aliphatic heterocycles. The molecule has 0 fully saturated rings. The second kappa shape index (κ2) is 9.02. The quantitative estimate of drug-likeness (QED) is 0.289. The van der Waals surface area contributed by atoms with Gasteiger partial charge in [-0.1, -0.05) is 12.1 Å². The van der Waals surface area contributed by atoms with Crippen LogP contribution in [0.3, 0.4) is 0 Å².